The molecule has 0 aliphatic rings. The Labute approximate surface area is 302 Å². The van der Waals surface area contributed by atoms with Crippen molar-refractivity contribution in [1.82, 2.24) is 0 Å². The van der Waals surface area contributed by atoms with Crippen molar-refractivity contribution in [3.63, 3.8) is 0 Å². The molecule has 9 aromatic carbocycles. The highest BCUT2D eigenvalue weighted by atomic mass is 16.3. The van der Waals surface area contributed by atoms with Crippen molar-refractivity contribution in [3.8, 4) is 33.4 Å². The molecule has 10 aromatic rings. The lowest BCUT2D eigenvalue weighted by molar-refractivity contribution is 0.673. The lowest BCUT2D eigenvalue weighted by Gasteiger charge is -2.26. The van der Waals surface area contributed by atoms with E-state index in [-0.39, 0.29) is 0 Å². The summed E-state index contributed by atoms with van der Waals surface area (Å²) in [5.41, 5.74) is 12.2. The normalized spacial score (nSPS) is 11.5. The van der Waals surface area contributed by atoms with Crippen LogP contribution in [0.15, 0.2) is 205 Å². The maximum absolute atomic E-state index is 6.66. The minimum absolute atomic E-state index is 0.892. The van der Waals surface area contributed by atoms with Gasteiger partial charge in [0, 0.05) is 33.2 Å². The average Bonchev–Trinajstić information content (AvgIpc) is 3.60. The van der Waals surface area contributed by atoms with E-state index in [0.29, 0.717) is 0 Å². The summed E-state index contributed by atoms with van der Waals surface area (Å²) in [4.78, 5) is 2.34. The third-order valence-electron chi connectivity index (χ3n) is 10.2. The van der Waals surface area contributed by atoms with E-state index in [2.05, 4.69) is 205 Å². The number of benzene rings is 9. The van der Waals surface area contributed by atoms with Crippen LogP contribution >= 0.6 is 0 Å². The van der Waals surface area contributed by atoms with Crippen LogP contribution in [0.4, 0.5) is 17.1 Å². The Morgan fingerprint density at radius 1 is 0.308 bits per heavy atom. The molecule has 0 radical (unpaired) electrons. The molecule has 10 rings (SSSR count). The Bertz CT molecular complexity index is 2870. The van der Waals surface area contributed by atoms with Crippen LogP contribution in [-0.2, 0) is 0 Å². The molecule has 0 saturated carbocycles. The zero-order valence-corrected chi connectivity index (χ0v) is 28.4. The zero-order chi connectivity index (χ0) is 34.4. The molecule has 0 atom stereocenters. The SMILES string of the molecule is c1ccc(-c2ccc(N(c3ccc(-c4ccc5c(c4)oc4c6ccccc6c(-c6ccccc6)cc54)cc3)c3ccc4ccccc4c3)cc2)cc1. The summed E-state index contributed by atoms with van der Waals surface area (Å²) >= 11 is 0. The maximum Gasteiger partial charge on any atom is 0.143 e. The van der Waals surface area contributed by atoms with Crippen molar-refractivity contribution < 1.29 is 4.42 Å². The van der Waals surface area contributed by atoms with Crippen molar-refractivity contribution in [2.75, 3.05) is 4.90 Å². The van der Waals surface area contributed by atoms with E-state index in [1.54, 1.807) is 0 Å². The molecule has 2 heteroatoms. The lowest BCUT2D eigenvalue weighted by Crippen LogP contribution is -2.09. The van der Waals surface area contributed by atoms with Gasteiger partial charge in [-0.1, -0.05) is 146 Å². The molecule has 0 amide bonds. The van der Waals surface area contributed by atoms with Gasteiger partial charge in [0.2, 0.25) is 0 Å². The van der Waals surface area contributed by atoms with Crippen LogP contribution in [0.3, 0.4) is 0 Å². The predicted octanol–water partition coefficient (Wildman–Crippen LogP) is 14.4. The van der Waals surface area contributed by atoms with Gasteiger partial charge in [-0.2, -0.15) is 0 Å². The number of rotatable bonds is 6. The fourth-order valence-electron chi connectivity index (χ4n) is 7.63. The molecule has 52 heavy (non-hydrogen) atoms. The van der Waals surface area contributed by atoms with E-state index < -0.39 is 0 Å². The Kier molecular flexibility index (Phi) is 7.18. The second kappa shape index (κ2) is 12.5. The fourth-order valence-corrected chi connectivity index (χ4v) is 7.63. The third-order valence-corrected chi connectivity index (χ3v) is 10.2. The topological polar surface area (TPSA) is 16.4 Å². The van der Waals surface area contributed by atoms with Gasteiger partial charge in [-0.05, 0) is 104 Å². The van der Waals surface area contributed by atoms with Crippen LogP contribution in [0.2, 0.25) is 0 Å². The van der Waals surface area contributed by atoms with E-state index in [1.807, 2.05) is 0 Å². The molecule has 0 spiro atoms. The van der Waals surface area contributed by atoms with Crippen molar-refractivity contribution in [1.29, 1.82) is 0 Å². The highest BCUT2D eigenvalue weighted by Gasteiger charge is 2.17. The lowest BCUT2D eigenvalue weighted by atomic mass is 9.95. The summed E-state index contributed by atoms with van der Waals surface area (Å²) in [6.07, 6.45) is 0. The molecule has 0 bridgehead atoms. The Morgan fingerprint density at radius 3 is 1.56 bits per heavy atom. The Hall–Kier alpha value is -6.90. The van der Waals surface area contributed by atoms with E-state index in [1.165, 1.54) is 38.4 Å². The van der Waals surface area contributed by atoms with E-state index in [9.17, 15) is 0 Å². The Morgan fingerprint density at radius 2 is 0.846 bits per heavy atom. The van der Waals surface area contributed by atoms with Crippen LogP contribution < -0.4 is 4.90 Å². The van der Waals surface area contributed by atoms with Crippen molar-refractivity contribution in [2.45, 2.75) is 0 Å². The monoisotopic (exact) mass is 663 g/mol. The van der Waals surface area contributed by atoms with Crippen molar-refractivity contribution >= 4 is 60.5 Å². The number of furan rings is 1. The van der Waals surface area contributed by atoms with Gasteiger partial charge >= 0.3 is 0 Å². The molecular weight excluding hydrogens is 631 g/mol. The number of hydrogen-bond donors (Lipinski definition) is 0. The van der Waals surface area contributed by atoms with Gasteiger partial charge in [-0.3, -0.25) is 0 Å². The molecule has 0 unspecified atom stereocenters. The zero-order valence-electron chi connectivity index (χ0n) is 28.4. The quantitative estimate of drug-likeness (QED) is 0.176. The van der Waals surface area contributed by atoms with E-state index >= 15 is 0 Å². The van der Waals surface area contributed by atoms with Crippen molar-refractivity contribution in [3.05, 3.63) is 200 Å². The van der Waals surface area contributed by atoms with Crippen LogP contribution in [0.1, 0.15) is 0 Å². The molecule has 1 heterocycles. The van der Waals surface area contributed by atoms with E-state index in [4.69, 9.17) is 4.42 Å². The second-order valence-electron chi connectivity index (χ2n) is 13.4. The summed E-state index contributed by atoms with van der Waals surface area (Å²) in [6.45, 7) is 0. The standard InChI is InChI=1S/C50H33NO/c1-3-11-34(12-4-1)36-19-25-41(26-20-36)51(43-29-23-35-13-7-8-16-39(35)31-43)42-27-21-37(22-28-42)40-24-30-45-48-33-47(38-14-5-2-6-15-38)44-17-9-10-18-46(44)50(48)52-49(45)32-40/h1-33H. The van der Waals surface area contributed by atoms with Crippen LogP contribution in [0.5, 0.6) is 0 Å². The summed E-state index contributed by atoms with van der Waals surface area (Å²) in [6, 6.07) is 71.6. The van der Waals surface area contributed by atoms with Gasteiger partial charge in [-0.25, -0.2) is 0 Å². The molecule has 0 saturated heterocycles. The van der Waals surface area contributed by atoms with Gasteiger partial charge in [-0.15, -0.1) is 0 Å². The van der Waals surface area contributed by atoms with E-state index in [0.717, 1.165) is 55.5 Å². The van der Waals surface area contributed by atoms with Crippen LogP contribution in [0.25, 0.3) is 76.9 Å². The summed E-state index contributed by atoms with van der Waals surface area (Å²) in [5, 5.41) is 7.03. The van der Waals surface area contributed by atoms with Gasteiger partial charge < -0.3 is 9.32 Å². The summed E-state index contributed by atoms with van der Waals surface area (Å²) < 4.78 is 6.66. The first-order chi connectivity index (χ1) is 25.8. The molecule has 1 aromatic heterocycles. The molecule has 0 aliphatic carbocycles. The fraction of sp³-hybridized carbons (Fsp3) is 0. The largest absolute Gasteiger partial charge is 0.455 e. The predicted molar refractivity (Wildman–Crippen MR) is 220 cm³/mol. The molecule has 0 fully saturated rings. The third kappa shape index (κ3) is 5.21. The molecule has 0 N–H and O–H groups in total. The number of nitrogens with zero attached hydrogens (tertiary/aromatic N) is 1. The Balaban J connectivity index is 1.05. The molecule has 2 nitrogen and oxygen atoms in total. The van der Waals surface area contributed by atoms with Gasteiger partial charge in [0.15, 0.2) is 0 Å². The first-order valence-electron chi connectivity index (χ1n) is 17.8. The smallest absolute Gasteiger partial charge is 0.143 e. The summed E-state index contributed by atoms with van der Waals surface area (Å²) in [7, 11) is 0. The van der Waals surface area contributed by atoms with Gasteiger partial charge in [0.1, 0.15) is 11.2 Å². The minimum atomic E-state index is 0.892. The first-order valence-corrected chi connectivity index (χ1v) is 17.8. The molecular formula is C50H33NO. The number of fused-ring (bicyclic) bond motifs is 6. The highest BCUT2D eigenvalue weighted by molar-refractivity contribution is 6.19. The average molecular weight is 664 g/mol. The van der Waals surface area contributed by atoms with Crippen molar-refractivity contribution in [2.24, 2.45) is 0 Å². The molecule has 244 valence electrons. The first kappa shape index (κ1) is 30.0. The van der Waals surface area contributed by atoms with Gasteiger partial charge in [0.25, 0.3) is 0 Å². The number of anilines is 3. The maximum atomic E-state index is 6.66. The number of hydrogen-bond acceptors (Lipinski definition) is 2. The van der Waals surface area contributed by atoms with Gasteiger partial charge in [0.05, 0.1) is 0 Å². The van der Waals surface area contributed by atoms with Crippen LogP contribution in [0, 0.1) is 0 Å². The minimum Gasteiger partial charge on any atom is -0.455 e. The molecule has 0 aliphatic heterocycles. The second-order valence-corrected chi connectivity index (χ2v) is 13.4. The van der Waals surface area contributed by atoms with Crippen LogP contribution in [-0.4, -0.2) is 0 Å². The highest BCUT2D eigenvalue weighted by Crippen LogP contribution is 2.42. The summed E-state index contributed by atoms with van der Waals surface area (Å²) in [5.74, 6) is 0.